The van der Waals surface area contributed by atoms with Crippen molar-refractivity contribution in [3.05, 3.63) is 53.7 Å². The zero-order valence-corrected chi connectivity index (χ0v) is 10.6. The van der Waals surface area contributed by atoms with Crippen LogP contribution in [0.4, 0.5) is 0 Å². The van der Waals surface area contributed by atoms with Crippen molar-refractivity contribution < 1.29 is 4.42 Å². The summed E-state index contributed by atoms with van der Waals surface area (Å²) in [5.41, 5.74) is 1.06. The van der Waals surface area contributed by atoms with Crippen LogP contribution in [0.2, 0.25) is 0 Å². The molecule has 1 N–H and O–H groups in total. The average molecular weight is 242 g/mol. The molecular formula is C15H18N2O. The quantitative estimate of drug-likeness (QED) is 0.875. The van der Waals surface area contributed by atoms with Gasteiger partial charge in [-0.15, -0.1) is 0 Å². The van der Waals surface area contributed by atoms with Gasteiger partial charge in [0.05, 0.1) is 12.2 Å². The molecule has 2 aromatic heterocycles. The summed E-state index contributed by atoms with van der Waals surface area (Å²) in [5.74, 6) is 3.62. The molecule has 1 aliphatic rings. The molecule has 0 unspecified atom stereocenters. The fourth-order valence-corrected chi connectivity index (χ4v) is 2.22. The summed E-state index contributed by atoms with van der Waals surface area (Å²) in [6.07, 6.45) is 3.09. The maximum atomic E-state index is 5.83. The Labute approximate surface area is 107 Å². The van der Waals surface area contributed by atoms with Gasteiger partial charge < -0.3 is 9.73 Å². The van der Waals surface area contributed by atoms with E-state index < -0.39 is 0 Å². The number of nitrogens with one attached hydrogen (secondary N) is 1. The van der Waals surface area contributed by atoms with Crippen LogP contribution in [0.5, 0.6) is 0 Å². The molecule has 0 amide bonds. The first-order chi connectivity index (χ1) is 8.83. The number of nitrogens with zero attached hydrogens (tertiary/aromatic N) is 1. The van der Waals surface area contributed by atoms with Crippen molar-refractivity contribution in [2.45, 2.75) is 32.4 Å². The van der Waals surface area contributed by atoms with Gasteiger partial charge in [-0.05, 0) is 36.6 Å². The van der Waals surface area contributed by atoms with Crippen LogP contribution in [0.1, 0.15) is 36.5 Å². The third-order valence-corrected chi connectivity index (χ3v) is 3.49. The van der Waals surface area contributed by atoms with Gasteiger partial charge in [0, 0.05) is 18.7 Å². The minimum Gasteiger partial charge on any atom is -0.464 e. The molecule has 0 spiro atoms. The predicted octanol–water partition coefficient (Wildman–Crippen LogP) is 3.09. The molecule has 0 bridgehead atoms. The van der Waals surface area contributed by atoms with Crippen molar-refractivity contribution in [3.8, 4) is 0 Å². The summed E-state index contributed by atoms with van der Waals surface area (Å²) in [5, 5.41) is 3.35. The molecule has 0 aliphatic heterocycles. The molecular weight excluding hydrogens is 224 g/mol. The second-order valence-electron chi connectivity index (χ2n) is 5.05. The van der Waals surface area contributed by atoms with Crippen molar-refractivity contribution in [1.82, 2.24) is 10.3 Å². The number of rotatable bonds is 5. The van der Waals surface area contributed by atoms with Crippen LogP contribution in [0.15, 0.2) is 40.9 Å². The SMILES string of the molecule is C[C@@H]1C[C@H]1c1ccc(CNCc2ccccn2)o1. The number of hydrogen-bond donors (Lipinski definition) is 1. The first-order valence-corrected chi connectivity index (χ1v) is 6.52. The smallest absolute Gasteiger partial charge is 0.117 e. The van der Waals surface area contributed by atoms with Gasteiger partial charge in [0.1, 0.15) is 11.5 Å². The lowest BCUT2D eigenvalue weighted by atomic mass is 10.3. The molecule has 18 heavy (non-hydrogen) atoms. The number of pyridine rings is 1. The molecule has 2 aromatic rings. The summed E-state index contributed by atoms with van der Waals surface area (Å²) < 4.78 is 5.83. The predicted molar refractivity (Wildman–Crippen MR) is 70.0 cm³/mol. The lowest BCUT2D eigenvalue weighted by molar-refractivity contribution is 0.443. The highest BCUT2D eigenvalue weighted by molar-refractivity contribution is 5.17. The minimum atomic E-state index is 0.662. The van der Waals surface area contributed by atoms with E-state index in [9.17, 15) is 0 Å². The third kappa shape index (κ3) is 2.62. The number of aromatic nitrogens is 1. The highest BCUT2D eigenvalue weighted by atomic mass is 16.3. The van der Waals surface area contributed by atoms with E-state index in [2.05, 4.69) is 29.4 Å². The van der Waals surface area contributed by atoms with E-state index in [0.717, 1.165) is 36.2 Å². The Bertz CT molecular complexity index is 506. The van der Waals surface area contributed by atoms with E-state index in [1.807, 2.05) is 24.4 Å². The second-order valence-corrected chi connectivity index (χ2v) is 5.05. The van der Waals surface area contributed by atoms with Crippen LogP contribution >= 0.6 is 0 Å². The van der Waals surface area contributed by atoms with Crippen LogP contribution in [0.25, 0.3) is 0 Å². The van der Waals surface area contributed by atoms with Gasteiger partial charge in [-0.25, -0.2) is 0 Å². The molecule has 3 heteroatoms. The normalized spacial score (nSPS) is 22.1. The first-order valence-electron chi connectivity index (χ1n) is 6.52. The monoisotopic (exact) mass is 242 g/mol. The molecule has 3 nitrogen and oxygen atoms in total. The van der Waals surface area contributed by atoms with Crippen LogP contribution in [0, 0.1) is 5.92 Å². The topological polar surface area (TPSA) is 38.1 Å². The van der Waals surface area contributed by atoms with Crippen LogP contribution < -0.4 is 5.32 Å². The van der Waals surface area contributed by atoms with Crippen molar-refractivity contribution in [2.24, 2.45) is 5.92 Å². The van der Waals surface area contributed by atoms with Crippen molar-refractivity contribution in [1.29, 1.82) is 0 Å². The molecule has 1 fully saturated rings. The largest absolute Gasteiger partial charge is 0.464 e. The van der Waals surface area contributed by atoms with Gasteiger partial charge in [-0.1, -0.05) is 13.0 Å². The van der Waals surface area contributed by atoms with Gasteiger partial charge in [0.15, 0.2) is 0 Å². The number of hydrogen-bond acceptors (Lipinski definition) is 3. The summed E-state index contributed by atoms with van der Waals surface area (Å²) in [6, 6.07) is 10.1. The molecule has 2 atom stereocenters. The van der Waals surface area contributed by atoms with E-state index in [1.165, 1.54) is 6.42 Å². The molecule has 94 valence electrons. The highest BCUT2D eigenvalue weighted by Crippen LogP contribution is 2.47. The fourth-order valence-electron chi connectivity index (χ4n) is 2.22. The molecule has 0 radical (unpaired) electrons. The van der Waals surface area contributed by atoms with E-state index in [-0.39, 0.29) is 0 Å². The average Bonchev–Trinajstić information content (AvgIpc) is 2.94. The Morgan fingerprint density at radius 1 is 1.28 bits per heavy atom. The van der Waals surface area contributed by atoms with Gasteiger partial charge in [-0.2, -0.15) is 0 Å². The highest BCUT2D eigenvalue weighted by Gasteiger charge is 2.36. The Kier molecular flexibility index (Phi) is 3.15. The standard InChI is InChI=1S/C15H18N2O/c1-11-8-14(11)15-6-5-13(18-15)10-16-9-12-4-2-3-7-17-12/h2-7,11,14,16H,8-10H2,1H3/t11-,14-/m1/s1. The Morgan fingerprint density at radius 2 is 2.17 bits per heavy atom. The zero-order valence-electron chi connectivity index (χ0n) is 10.6. The number of furan rings is 1. The minimum absolute atomic E-state index is 0.662. The van der Waals surface area contributed by atoms with Crippen molar-refractivity contribution >= 4 is 0 Å². The van der Waals surface area contributed by atoms with Gasteiger partial charge in [0.2, 0.25) is 0 Å². The Balaban J connectivity index is 1.50. The van der Waals surface area contributed by atoms with E-state index in [1.54, 1.807) is 0 Å². The summed E-state index contributed by atoms with van der Waals surface area (Å²) in [7, 11) is 0. The summed E-state index contributed by atoms with van der Waals surface area (Å²) in [6.45, 7) is 3.81. The second kappa shape index (κ2) is 4.94. The first kappa shape index (κ1) is 11.5. The fraction of sp³-hybridized carbons (Fsp3) is 0.400. The lowest BCUT2D eigenvalue weighted by Crippen LogP contribution is -2.12. The van der Waals surface area contributed by atoms with Gasteiger partial charge in [-0.3, -0.25) is 4.98 Å². The van der Waals surface area contributed by atoms with E-state index >= 15 is 0 Å². The zero-order chi connectivity index (χ0) is 12.4. The summed E-state index contributed by atoms with van der Waals surface area (Å²) >= 11 is 0. The van der Waals surface area contributed by atoms with Crippen molar-refractivity contribution in [3.63, 3.8) is 0 Å². The van der Waals surface area contributed by atoms with Crippen LogP contribution in [0.3, 0.4) is 0 Å². The van der Waals surface area contributed by atoms with Gasteiger partial charge >= 0.3 is 0 Å². The van der Waals surface area contributed by atoms with E-state index in [4.69, 9.17) is 4.42 Å². The molecule has 1 aliphatic carbocycles. The third-order valence-electron chi connectivity index (χ3n) is 3.49. The Hall–Kier alpha value is -1.61. The molecule has 0 saturated heterocycles. The van der Waals surface area contributed by atoms with Gasteiger partial charge in [0.25, 0.3) is 0 Å². The Morgan fingerprint density at radius 3 is 2.89 bits per heavy atom. The maximum absolute atomic E-state index is 5.83. The molecule has 0 aromatic carbocycles. The maximum Gasteiger partial charge on any atom is 0.117 e. The molecule has 1 saturated carbocycles. The van der Waals surface area contributed by atoms with Crippen LogP contribution in [-0.2, 0) is 13.1 Å². The lowest BCUT2D eigenvalue weighted by Gasteiger charge is -2.01. The summed E-state index contributed by atoms with van der Waals surface area (Å²) in [4.78, 5) is 4.27. The van der Waals surface area contributed by atoms with Crippen LogP contribution in [-0.4, -0.2) is 4.98 Å². The van der Waals surface area contributed by atoms with E-state index in [0.29, 0.717) is 5.92 Å². The van der Waals surface area contributed by atoms with Crippen molar-refractivity contribution in [2.75, 3.05) is 0 Å². The molecule has 2 heterocycles. The molecule has 3 rings (SSSR count).